The SMILES string of the molecule is CC(C)CC/C(=C/c1ccccc1)C(=O)O. The highest BCUT2D eigenvalue weighted by atomic mass is 16.4. The number of aliphatic carboxylic acids is 1. The van der Waals surface area contributed by atoms with Gasteiger partial charge in [0.15, 0.2) is 0 Å². The van der Waals surface area contributed by atoms with Crippen LogP contribution in [0.5, 0.6) is 0 Å². The van der Waals surface area contributed by atoms with Gasteiger partial charge in [0.2, 0.25) is 0 Å². The van der Waals surface area contributed by atoms with Crippen LogP contribution in [-0.4, -0.2) is 11.1 Å². The van der Waals surface area contributed by atoms with Gasteiger partial charge in [-0.2, -0.15) is 0 Å². The normalized spacial score (nSPS) is 11.8. The number of carbonyl (C=O) groups is 1. The molecule has 1 aromatic rings. The minimum absolute atomic E-state index is 0.486. The maximum atomic E-state index is 11.0. The third-order valence-electron chi connectivity index (χ3n) is 2.41. The zero-order chi connectivity index (χ0) is 12.0. The van der Waals surface area contributed by atoms with Crippen LogP contribution in [0, 0.1) is 5.92 Å². The average Bonchev–Trinajstić information content (AvgIpc) is 2.25. The van der Waals surface area contributed by atoms with Crippen LogP contribution >= 0.6 is 0 Å². The first-order valence-corrected chi connectivity index (χ1v) is 5.58. The molecule has 2 heteroatoms. The minimum atomic E-state index is -0.815. The molecule has 2 nitrogen and oxygen atoms in total. The standard InChI is InChI=1S/C14H18O2/c1-11(2)8-9-13(14(15)16)10-12-6-4-3-5-7-12/h3-7,10-11H,8-9H2,1-2H3,(H,15,16)/b13-10-. The van der Waals surface area contributed by atoms with Crippen molar-refractivity contribution in [3.8, 4) is 0 Å². The van der Waals surface area contributed by atoms with Crippen molar-refractivity contribution in [3.63, 3.8) is 0 Å². The highest BCUT2D eigenvalue weighted by Crippen LogP contribution is 2.15. The Labute approximate surface area is 96.6 Å². The van der Waals surface area contributed by atoms with Crippen LogP contribution in [0.25, 0.3) is 6.08 Å². The molecule has 16 heavy (non-hydrogen) atoms. The van der Waals surface area contributed by atoms with E-state index in [0.29, 0.717) is 17.9 Å². The van der Waals surface area contributed by atoms with Gasteiger partial charge in [0.05, 0.1) is 0 Å². The molecule has 0 aliphatic heterocycles. The van der Waals surface area contributed by atoms with Crippen molar-refractivity contribution in [2.45, 2.75) is 26.7 Å². The molecule has 0 fully saturated rings. The third kappa shape index (κ3) is 4.30. The summed E-state index contributed by atoms with van der Waals surface area (Å²) in [6.07, 6.45) is 3.29. The lowest BCUT2D eigenvalue weighted by molar-refractivity contribution is -0.132. The monoisotopic (exact) mass is 218 g/mol. The van der Waals surface area contributed by atoms with Gasteiger partial charge in [-0.25, -0.2) is 4.79 Å². The smallest absolute Gasteiger partial charge is 0.331 e. The van der Waals surface area contributed by atoms with E-state index in [0.717, 1.165) is 12.0 Å². The second-order valence-electron chi connectivity index (χ2n) is 4.32. The molecule has 0 aromatic heterocycles. The Bertz CT molecular complexity index is 364. The first-order valence-electron chi connectivity index (χ1n) is 5.58. The fourth-order valence-electron chi connectivity index (χ4n) is 1.44. The zero-order valence-corrected chi connectivity index (χ0v) is 9.81. The van der Waals surface area contributed by atoms with E-state index < -0.39 is 5.97 Å². The quantitative estimate of drug-likeness (QED) is 0.767. The van der Waals surface area contributed by atoms with E-state index in [9.17, 15) is 4.79 Å². The first-order chi connectivity index (χ1) is 7.59. The summed E-state index contributed by atoms with van der Waals surface area (Å²) < 4.78 is 0. The van der Waals surface area contributed by atoms with Crippen LogP contribution in [-0.2, 0) is 4.79 Å². The van der Waals surface area contributed by atoms with Crippen molar-refractivity contribution in [2.24, 2.45) is 5.92 Å². The van der Waals surface area contributed by atoms with Crippen molar-refractivity contribution >= 4 is 12.0 Å². The fourth-order valence-corrected chi connectivity index (χ4v) is 1.44. The van der Waals surface area contributed by atoms with Crippen molar-refractivity contribution in [1.29, 1.82) is 0 Å². The Kier molecular flexibility index (Phi) is 4.77. The van der Waals surface area contributed by atoms with E-state index in [1.807, 2.05) is 30.3 Å². The van der Waals surface area contributed by atoms with Crippen molar-refractivity contribution in [2.75, 3.05) is 0 Å². The molecular formula is C14H18O2. The molecule has 86 valence electrons. The van der Waals surface area contributed by atoms with Crippen LogP contribution in [0.4, 0.5) is 0 Å². The van der Waals surface area contributed by atoms with E-state index in [4.69, 9.17) is 5.11 Å². The predicted octanol–water partition coefficient (Wildman–Crippen LogP) is 3.59. The summed E-state index contributed by atoms with van der Waals surface area (Å²) >= 11 is 0. The minimum Gasteiger partial charge on any atom is -0.478 e. The van der Waals surface area contributed by atoms with Gasteiger partial charge in [0, 0.05) is 5.57 Å². The molecule has 0 radical (unpaired) electrons. The third-order valence-corrected chi connectivity index (χ3v) is 2.41. The molecule has 0 heterocycles. The molecular weight excluding hydrogens is 200 g/mol. The van der Waals surface area contributed by atoms with Gasteiger partial charge in [0.25, 0.3) is 0 Å². The molecule has 0 amide bonds. The molecule has 0 aliphatic carbocycles. The van der Waals surface area contributed by atoms with Gasteiger partial charge < -0.3 is 5.11 Å². The van der Waals surface area contributed by atoms with Crippen LogP contribution < -0.4 is 0 Å². The van der Waals surface area contributed by atoms with Gasteiger partial charge in [-0.15, -0.1) is 0 Å². The molecule has 0 saturated carbocycles. The Hall–Kier alpha value is -1.57. The maximum Gasteiger partial charge on any atom is 0.331 e. The Morgan fingerprint density at radius 3 is 2.44 bits per heavy atom. The lowest BCUT2D eigenvalue weighted by Crippen LogP contribution is -2.02. The zero-order valence-electron chi connectivity index (χ0n) is 9.81. The van der Waals surface area contributed by atoms with Crippen molar-refractivity contribution < 1.29 is 9.90 Å². The molecule has 0 saturated heterocycles. The van der Waals surface area contributed by atoms with Gasteiger partial charge in [-0.3, -0.25) is 0 Å². The number of benzene rings is 1. The second-order valence-corrected chi connectivity index (χ2v) is 4.32. The van der Waals surface area contributed by atoms with Crippen molar-refractivity contribution in [1.82, 2.24) is 0 Å². The predicted molar refractivity (Wildman–Crippen MR) is 66.1 cm³/mol. The number of carboxylic acid groups (broad SMARTS) is 1. The topological polar surface area (TPSA) is 37.3 Å². The molecule has 1 aromatic carbocycles. The fraction of sp³-hybridized carbons (Fsp3) is 0.357. The van der Waals surface area contributed by atoms with E-state index in [-0.39, 0.29) is 0 Å². The van der Waals surface area contributed by atoms with Gasteiger partial charge in [-0.05, 0) is 30.4 Å². The second kappa shape index (κ2) is 6.11. The van der Waals surface area contributed by atoms with Crippen LogP contribution in [0.2, 0.25) is 0 Å². The molecule has 1 N–H and O–H groups in total. The summed E-state index contributed by atoms with van der Waals surface area (Å²) in [6, 6.07) is 9.57. The molecule has 0 bridgehead atoms. The molecule has 1 rings (SSSR count). The Morgan fingerprint density at radius 2 is 1.94 bits per heavy atom. The highest BCUT2D eigenvalue weighted by molar-refractivity contribution is 5.92. The summed E-state index contributed by atoms with van der Waals surface area (Å²) in [5.74, 6) is -0.289. The van der Waals surface area contributed by atoms with E-state index in [1.165, 1.54) is 0 Å². The number of hydrogen-bond acceptors (Lipinski definition) is 1. The lowest BCUT2D eigenvalue weighted by atomic mass is 10.0. The molecule has 0 spiro atoms. The van der Waals surface area contributed by atoms with Gasteiger partial charge >= 0.3 is 5.97 Å². The summed E-state index contributed by atoms with van der Waals surface area (Å²) in [6.45, 7) is 4.20. The highest BCUT2D eigenvalue weighted by Gasteiger charge is 2.08. The summed E-state index contributed by atoms with van der Waals surface area (Å²) in [7, 11) is 0. The Morgan fingerprint density at radius 1 is 1.31 bits per heavy atom. The van der Waals surface area contributed by atoms with Crippen LogP contribution in [0.1, 0.15) is 32.3 Å². The summed E-state index contributed by atoms with van der Waals surface area (Å²) in [5, 5.41) is 9.08. The summed E-state index contributed by atoms with van der Waals surface area (Å²) in [4.78, 5) is 11.0. The first kappa shape index (κ1) is 12.5. The van der Waals surface area contributed by atoms with Crippen LogP contribution in [0.15, 0.2) is 35.9 Å². The van der Waals surface area contributed by atoms with Gasteiger partial charge in [-0.1, -0.05) is 44.2 Å². The number of hydrogen-bond donors (Lipinski definition) is 1. The van der Waals surface area contributed by atoms with Gasteiger partial charge in [0.1, 0.15) is 0 Å². The van der Waals surface area contributed by atoms with Crippen molar-refractivity contribution in [3.05, 3.63) is 41.5 Å². The number of rotatable bonds is 5. The average molecular weight is 218 g/mol. The van der Waals surface area contributed by atoms with Crippen LogP contribution in [0.3, 0.4) is 0 Å². The van der Waals surface area contributed by atoms with E-state index >= 15 is 0 Å². The maximum absolute atomic E-state index is 11.0. The molecule has 0 aliphatic rings. The Balaban J connectivity index is 2.78. The van der Waals surface area contributed by atoms with E-state index in [2.05, 4.69) is 13.8 Å². The van der Waals surface area contributed by atoms with E-state index in [1.54, 1.807) is 6.08 Å². The largest absolute Gasteiger partial charge is 0.478 e. The lowest BCUT2D eigenvalue weighted by Gasteiger charge is -2.05. The number of carboxylic acids is 1. The molecule has 0 atom stereocenters. The summed E-state index contributed by atoms with van der Waals surface area (Å²) in [5.41, 5.74) is 1.43. The molecule has 0 unspecified atom stereocenters.